The molecule has 0 saturated heterocycles. The number of aryl methyl sites for hydroxylation is 1. The summed E-state index contributed by atoms with van der Waals surface area (Å²) in [6, 6.07) is 20.4. The number of pyridine rings is 2. The number of hydrogen-bond acceptors (Lipinski definition) is 8. The van der Waals surface area contributed by atoms with Gasteiger partial charge in [0.25, 0.3) is 0 Å². The molecule has 6 rings (SSSR count). The molecule has 6 aromatic rings. The molecule has 9 heteroatoms. The van der Waals surface area contributed by atoms with E-state index < -0.39 is 0 Å². The van der Waals surface area contributed by atoms with Crippen molar-refractivity contribution < 1.29 is 14.0 Å². The first-order chi connectivity index (χ1) is 17.2. The molecule has 0 aliphatic rings. The summed E-state index contributed by atoms with van der Waals surface area (Å²) in [5, 5.41) is 4.04. The van der Waals surface area contributed by atoms with Crippen molar-refractivity contribution in [2.75, 3.05) is 0 Å². The van der Waals surface area contributed by atoms with Crippen molar-refractivity contribution >= 4 is 11.0 Å². The molecular formula is C26H18N6O3. The van der Waals surface area contributed by atoms with Crippen LogP contribution in [0.25, 0.3) is 33.9 Å². The van der Waals surface area contributed by atoms with E-state index >= 15 is 0 Å². The Morgan fingerprint density at radius 3 is 2.51 bits per heavy atom. The van der Waals surface area contributed by atoms with Crippen molar-refractivity contribution in [2.45, 2.75) is 6.92 Å². The SMILES string of the molecule is Cc1nc(-c2ccccc2Oc2cc3nc(-c4ccccn4)[nH]c3cc2Oc2cccnc2)no1. The van der Waals surface area contributed by atoms with Crippen LogP contribution in [0.4, 0.5) is 0 Å². The van der Waals surface area contributed by atoms with E-state index in [-0.39, 0.29) is 0 Å². The number of rotatable bonds is 6. The summed E-state index contributed by atoms with van der Waals surface area (Å²) in [5.41, 5.74) is 2.90. The molecule has 4 aromatic heterocycles. The number of H-pyrrole nitrogens is 1. The first-order valence-electron chi connectivity index (χ1n) is 10.8. The first-order valence-corrected chi connectivity index (χ1v) is 10.8. The lowest BCUT2D eigenvalue weighted by Gasteiger charge is -2.14. The molecule has 0 amide bonds. The lowest BCUT2D eigenvalue weighted by molar-refractivity contribution is 0.393. The lowest BCUT2D eigenvalue weighted by Crippen LogP contribution is -1.94. The van der Waals surface area contributed by atoms with E-state index in [0.29, 0.717) is 51.6 Å². The summed E-state index contributed by atoms with van der Waals surface area (Å²) in [6.07, 6.45) is 5.05. The Hall–Kier alpha value is -5.05. The predicted molar refractivity (Wildman–Crippen MR) is 128 cm³/mol. The predicted octanol–water partition coefficient (Wildman–Crippen LogP) is 5.96. The molecule has 0 bridgehead atoms. The molecule has 1 N–H and O–H groups in total. The number of aromatic amines is 1. The number of para-hydroxylation sites is 1. The van der Waals surface area contributed by atoms with E-state index in [4.69, 9.17) is 19.0 Å². The largest absolute Gasteiger partial charge is 0.453 e. The van der Waals surface area contributed by atoms with Gasteiger partial charge in [-0.15, -0.1) is 0 Å². The maximum Gasteiger partial charge on any atom is 0.223 e. The highest BCUT2D eigenvalue weighted by molar-refractivity contribution is 5.83. The fourth-order valence-corrected chi connectivity index (χ4v) is 3.60. The van der Waals surface area contributed by atoms with Gasteiger partial charge in [0.05, 0.1) is 22.8 Å². The second-order valence-electron chi connectivity index (χ2n) is 7.64. The minimum absolute atomic E-state index is 0.436. The maximum absolute atomic E-state index is 6.36. The van der Waals surface area contributed by atoms with Gasteiger partial charge in [-0.2, -0.15) is 4.98 Å². The van der Waals surface area contributed by atoms with Gasteiger partial charge in [0, 0.05) is 31.5 Å². The van der Waals surface area contributed by atoms with E-state index in [1.165, 1.54) is 0 Å². The third kappa shape index (κ3) is 4.18. The molecular weight excluding hydrogens is 444 g/mol. The van der Waals surface area contributed by atoms with Crippen LogP contribution in [-0.2, 0) is 0 Å². The van der Waals surface area contributed by atoms with Crippen molar-refractivity contribution in [3.63, 3.8) is 0 Å². The molecule has 35 heavy (non-hydrogen) atoms. The highest BCUT2D eigenvalue weighted by atomic mass is 16.5. The van der Waals surface area contributed by atoms with E-state index in [1.807, 2.05) is 60.7 Å². The molecule has 0 saturated carbocycles. The van der Waals surface area contributed by atoms with E-state index in [9.17, 15) is 0 Å². The maximum atomic E-state index is 6.36. The summed E-state index contributed by atoms with van der Waals surface area (Å²) in [5.74, 6) is 3.62. The summed E-state index contributed by atoms with van der Waals surface area (Å²) >= 11 is 0. The first kappa shape index (κ1) is 20.5. The van der Waals surface area contributed by atoms with Gasteiger partial charge >= 0.3 is 0 Å². The molecule has 4 heterocycles. The second kappa shape index (κ2) is 8.71. The van der Waals surface area contributed by atoms with E-state index in [2.05, 4.69) is 25.1 Å². The van der Waals surface area contributed by atoms with Crippen LogP contribution in [-0.4, -0.2) is 30.1 Å². The monoisotopic (exact) mass is 462 g/mol. The van der Waals surface area contributed by atoms with Gasteiger partial charge in [0.2, 0.25) is 11.7 Å². The van der Waals surface area contributed by atoms with Crippen LogP contribution in [0.15, 0.2) is 89.8 Å². The Kier molecular flexibility index (Phi) is 5.12. The van der Waals surface area contributed by atoms with Gasteiger partial charge in [-0.1, -0.05) is 23.4 Å². The summed E-state index contributed by atoms with van der Waals surface area (Å²) in [4.78, 5) is 20.9. The Morgan fingerprint density at radius 2 is 1.71 bits per heavy atom. The lowest BCUT2D eigenvalue weighted by atomic mass is 10.2. The van der Waals surface area contributed by atoms with Gasteiger partial charge in [0.15, 0.2) is 17.3 Å². The average molecular weight is 462 g/mol. The number of aromatic nitrogens is 6. The van der Waals surface area contributed by atoms with Crippen LogP contribution in [0.1, 0.15) is 5.89 Å². The van der Waals surface area contributed by atoms with Crippen LogP contribution in [0.2, 0.25) is 0 Å². The Bertz CT molecular complexity index is 1610. The summed E-state index contributed by atoms with van der Waals surface area (Å²) in [6.45, 7) is 1.74. The van der Waals surface area contributed by atoms with Crippen molar-refractivity contribution in [2.24, 2.45) is 0 Å². The molecule has 0 aliphatic heterocycles. The van der Waals surface area contributed by atoms with Gasteiger partial charge in [-0.05, 0) is 36.4 Å². The number of nitrogens with zero attached hydrogens (tertiary/aromatic N) is 5. The fourth-order valence-electron chi connectivity index (χ4n) is 3.60. The van der Waals surface area contributed by atoms with Crippen molar-refractivity contribution in [1.82, 2.24) is 30.1 Å². The van der Waals surface area contributed by atoms with Gasteiger partial charge in [-0.3, -0.25) is 9.97 Å². The van der Waals surface area contributed by atoms with Crippen molar-refractivity contribution in [1.29, 1.82) is 0 Å². The number of imidazole rings is 1. The van der Waals surface area contributed by atoms with Crippen LogP contribution >= 0.6 is 0 Å². The highest BCUT2D eigenvalue weighted by Crippen LogP contribution is 2.40. The van der Waals surface area contributed by atoms with Crippen LogP contribution in [0.3, 0.4) is 0 Å². The Balaban J connectivity index is 1.45. The van der Waals surface area contributed by atoms with Gasteiger partial charge in [0.1, 0.15) is 17.2 Å². The number of ether oxygens (including phenoxy) is 2. The normalized spacial score (nSPS) is 11.0. The summed E-state index contributed by atoms with van der Waals surface area (Å²) in [7, 11) is 0. The van der Waals surface area contributed by atoms with Crippen LogP contribution in [0, 0.1) is 6.92 Å². The molecule has 0 radical (unpaired) electrons. The molecule has 170 valence electrons. The van der Waals surface area contributed by atoms with Crippen LogP contribution in [0.5, 0.6) is 23.0 Å². The molecule has 0 aliphatic carbocycles. The topological polar surface area (TPSA) is 112 Å². The van der Waals surface area contributed by atoms with E-state index in [0.717, 1.165) is 11.2 Å². The van der Waals surface area contributed by atoms with E-state index in [1.54, 1.807) is 31.6 Å². The zero-order chi connectivity index (χ0) is 23.6. The van der Waals surface area contributed by atoms with Crippen molar-refractivity contribution in [3.05, 3.63) is 91.2 Å². The number of benzene rings is 2. The zero-order valence-corrected chi connectivity index (χ0v) is 18.5. The number of nitrogens with one attached hydrogen (secondary N) is 1. The number of hydrogen-bond donors (Lipinski definition) is 1. The third-order valence-corrected chi connectivity index (χ3v) is 5.19. The molecule has 9 nitrogen and oxygen atoms in total. The average Bonchev–Trinajstić information content (AvgIpc) is 3.51. The smallest absolute Gasteiger partial charge is 0.223 e. The third-order valence-electron chi connectivity index (χ3n) is 5.19. The molecule has 0 atom stereocenters. The van der Waals surface area contributed by atoms with Crippen LogP contribution < -0.4 is 9.47 Å². The van der Waals surface area contributed by atoms with Gasteiger partial charge in [-0.25, -0.2) is 4.98 Å². The minimum Gasteiger partial charge on any atom is -0.453 e. The van der Waals surface area contributed by atoms with Gasteiger partial charge < -0.3 is 19.0 Å². The molecule has 0 spiro atoms. The Labute approximate surface area is 199 Å². The molecule has 0 fully saturated rings. The fraction of sp³-hybridized carbons (Fsp3) is 0.0385. The standard InChI is InChI=1S/C26H18N6O3/c1-16-29-25(32-35-16)18-8-2-3-10-22(18)34-24-14-21-20(13-23(24)33-17-7-6-11-27-15-17)30-26(31-21)19-9-4-5-12-28-19/h2-15H,1H3,(H,30,31). The highest BCUT2D eigenvalue weighted by Gasteiger charge is 2.18. The molecule has 0 unspecified atom stereocenters. The molecule has 2 aromatic carbocycles. The second-order valence-corrected chi connectivity index (χ2v) is 7.64. The minimum atomic E-state index is 0.436. The van der Waals surface area contributed by atoms with Crippen molar-refractivity contribution in [3.8, 4) is 45.9 Å². The summed E-state index contributed by atoms with van der Waals surface area (Å²) < 4.78 is 17.7. The number of fused-ring (bicyclic) bond motifs is 1. The quantitative estimate of drug-likeness (QED) is 0.322. The Morgan fingerprint density at radius 1 is 0.829 bits per heavy atom. The zero-order valence-electron chi connectivity index (χ0n) is 18.5.